The number of hydrogen-bond donors (Lipinski definition) is 0. The van der Waals surface area contributed by atoms with Crippen LogP contribution in [0.25, 0.3) is 21.2 Å². The Bertz CT molecular complexity index is 1360. The summed E-state index contributed by atoms with van der Waals surface area (Å²) < 4.78 is 37.1. The van der Waals surface area contributed by atoms with Gasteiger partial charge in [-0.05, 0) is 30.3 Å². The summed E-state index contributed by atoms with van der Waals surface area (Å²) in [5.74, 6) is -0.346. The van der Waals surface area contributed by atoms with Gasteiger partial charge < -0.3 is 13.7 Å². The number of para-hydroxylation sites is 1. The van der Waals surface area contributed by atoms with Crippen LogP contribution in [-0.4, -0.2) is 38.9 Å². The molecule has 0 unspecified atom stereocenters. The van der Waals surface area contributed by atoms with E-state index in [2.05, 4.69) is 4.99 Å². The van der Waals surface area contributed by atoms with Crippen molar-refractivity contribution in [1.29, 1.82) is 0 Å². The molecule has 29 heavy (non-hydrogen) atoms. The number of ether oxygens (including phenoxy) is 1. The van der Waals surface area contributed by atoms with E-state index < -0.39 is 15.7 Å². The highest BCUT2D eigenvalue weighted by Crippen LogP contribution is 2.23. The fourth-order valence-electron chi connectivity index (χ4n) is 3.00. The molecule has 0 saturated carbocycles. The van der Waals surface area contributed by atoms with Gasteiger partial charge in [0.15, 0.2) is 20.4 Å². The first-order chi connectivity index (χ1) is 13.9. The van der Waals surface area contributed by atoms with Crippen LogP contribution in [0, 0.1) is 0 Å². The average Bonchev–Trinajstić information content (AvgIpc) is 3.26. The summed E-state index contributed by atoms with van der Waals surface area (Å²) in [6.07, 6.45) is 1.16. The SMILES string of the molecule is COCCn1c(=NC(=O)c2cc3ccccc3o2)sc2cc(S(C)(=O)=O)ccc21. The van der Waals surface area contributed by atoms with Crippen LogP contribution in [0.5, 0.6) is 0 Å². The minimum Gasteiger partial charge on any atom is -0.451 e. The molecule has 9 heteroatoms. The number of aromatic nitrogens is 1. The second kappa shape index (κ2) is 7.58. The van der Waals surface area contributed by atoms with Crippen molar-refractivity contribution in [2.75, 3.05) is 20.0 Å². The maximum atomic E-state index is 12.7. The zero-order valence-corrected chi connectivity index (χ0v) is 17.4. The van der Waals surface area contributed by atoms with E-state index in [1.54, 1.807) is 37.4 Å². The van der Waals surface area contributed by atoms with Gasteiger partial charge in [-0.25, -0.2) is 8.42 Å². The molecule has 4 rings (SSSR count). The Hall–Kier alpha value is -2.75. The lowest BCUT2D eigenvalue weighted by atomic mass is 10.2. The molecule has 0 radical (unpaired) electrons. The third kappa shape index (κ3) is 3.89. The summed E-state index contributed by atoms with van der Waals surface area (Å²) in [6, 6.07) is 13.9. The first kappa shape index (κ1) is 19.6. The van der Waals surface area contributed by atoms with Crippen molar-refractivity contribution in [2.45, 2.75) is 11.4 Å². The summed E-state index contributed by atoms with van der Waals surface area (Å²) in [5.41, 5.74) is 1.41. The van der Waals surface area contributed by atoms with E-state index in [0.29, 0.717) is 23.5 Å². The quantitative estimate of drug-likeness (QED) is 0.485. The van der Waals surface area contributed by atoms with Crippen LogP contribution < -0.4 is 4.80 Å². The molecule has 0 fully saturated rings. The molecule has 2 aromatic carbocycles. The summed E-state index contributed by atoms with van der Waals surface area (Å²) in [4.78, 5) is 17.6. The van der Waals surface area contributed by atoms with E-state index in [-0.39, 0.29) is 10.7 Å². The van der Waals surface area contributed by atoms with Crippen molar-refractivity contribution in [3.8, 4) is 0 Å². The predicted molar refractivity (Wildman–Crippen MR) is 111 cm³/mol. The minimum absolute atomic E-state index is 0.152. The number of rotatable bonds is 5. The van der Waals surface area contributed by atoms with Gasteiger partial charge >= 0.3 is 5.91 Å². The number of benzene rings is 2. The number of hydrogen-bond acceptors (Lipinski definition) is 6. The number of carbonyl (C=O) groups is 1. The van der Waals surface area contributed by atoms with Crippen LogP contribution in [-0.2, 0) is 21.1 Å². The van der Waals surface area contributed by atoms with Crippen LogP contribution >= 0.6 is 11.3 Å². The van der Waals surface area contributed by atoms with Crippen molar-refractivity contribution in [2.24, 2.45) is 4.99 Å². The molecule has 1 amide bonds. The van der Waals surface area contributed by atoms with Crippen LogP contribution in [0.3, 0.4) is 0 Å². The van der Waals surface area contributed by atoms with Gasteiger partial charge in [0.25, 0.3) is 0 Å². The first-order valence-electron chi connectivity index (χ1n) is 8.77. The lowest BCUT2D eigenvalue weighted by molar-refractivity contribution is 0.0973. The summed E-state index contributed by atoms with van der Waals surface area (Å²) >= 11 is 1.25. The molecule has 0 N–H and O–H groups in total. The monoisotopic (exact) mass is 430 g/mol. The molecule has 0 aliphatic rings. The van der Waals surface area contributed by atoms with Gasteiger partial charge in [-0.1, -0.05) is 29.5 Å². The number of carbonyl (C=O) groups excluding carboxylic acids is 1. The van der Waals surface area contributed by atoms with Gasteiger partial charge in [-0.15, -0.1) is 0 Å². The number of sulfone groups is 1. The molecule has 0 aliphatic carbocycles. The molecule has 0 aliphatic heterocycles. The normalized spacial score (nSPS) is 12.8. The zero-order chi connectivity index (χ0) is 20.6. The Balaban J connectivity index is 1.84. The van der Waals surface area contributed by atoms with E-state index in [9.17, 15) is 13.2 Å². The molecular formula is C20H18N2O5S2. The molecule has 0 atom stereocenters. The van der Waals surface area contributed by atoms with Crippen molar-refractivity contribution < 1.29 is 22.4 Å². The molecule has 2 heterocycles. The number of fused-ring (bicyclic) bond motifs is 2. The molecule has 4 aromatic rings. The fourth-order valence-corrected chi connectivity index (χ4v) is 4.81. The van der Waals surface area contributed by atoms with E-state index in [0.717, 1.165) is 21.9 Å². The van der Waals surface area contributed by atoms with Gasteiger partial charge in [-0.2, -0.15) is 4.99 Å². The highest BCUT2D eigenvalue weighted by atomic mass is 32.2. The van der Waals surface area contributed by atoms with Gasteiger partial charge in [0.05, 0.1) is 21.7 Å². The molecule has 0 spiro atoms. The topological polar surface area (TPSA) is 90.9 Å². The standard InChI is InChI=1S/C20H18N2O5S2/c1-26-10-9-22-15-8-7-14(29(2,24)25)12-18(15)28-20(22)21-19(23)17-11-13-5-3-4-6-16(13)27-17/h3-8,11-12H,9-10H2,1-2H3. The summed E-state index contributed by atoms with van der Waals surface area (Å²) in [6.45, 7) is 0.895. The van der Waals surface area contributed by atoms with Crippen LogP contribution in [0.15, 0.2) is 62.8 Å². The smallest absolute Gasteiger partial charge is 0.315 e. The van der Waals surface area contributed by atoms with Gasteiger partial charge in [0.1, 0.15) is 5.58 Å². The second-order valence-electron chi connectivity index (χ2n) is 6.50. The number of thiazole rings is 1. The number of methoxy groups -OCH3 is 1. The lowest BCUT2D eigenvalue weighted by Crippen LogP contribution is -2.19. The minimum atomic E-state index is -3.34. The van der Waals surface area contributed by atoms with E-state index in [4.69, 9.17) is 9.15 Å². The van der Waals surface area contributed by atoms with Gasteiger partial charge in [0.2, 0.25) is 0 Å². The molecular weight excluding hydrogens is 412 g/mol. The largest absolute Gasteiger partial charge is 0.451 e. The maximum Gasteiger partial charge on any atom is 0.315 e. The van der Waals surface area contributed by atoms with Crippen molar-refractivity contribution in [1.82, 2.24) is 4.57 Å². The van der Waals surface area contributed by atoms with Crippen molar-refractivity contribution >= 4 is 48.3 Å². The Kier molecular flexibility index (Phi) is 5.12. The van der Waals surface area contributed by atoms with Crippen molar-refractivity contribution in [3.05, 3.63) is 59.1 Å². The Labute approximate surface area is 170 Å². The number of furan rings is 1. The predicted octanol–water partition coefficient (Wildman–Crippen LogP) is 3.24. The van der Waals surface area contributed by atoms with E-state index in [1.165, 1.54) is 11.3 Å². The van der Waals surface area contributed by atoms with E-state index in [1.807, 2.05) is 22.8 Å². The molecule has 0 bridgehead atoms. The maximum absolute atomic E-state index is 12.7. The molecule has 7 nitrogen and oxygen atoms in total. The average molecular weight is 431 g/mol. The molecule has 0 saturated heterocycles. The lowest BCUT2D eigenvalue weighted by Gasteiger charge is -2.04. The number of amides is 1. The Morgan fingerprint density at radius 3 is 2.72 bits per heavy atom. The summed E-state index contributed by atoms with van der Waals surface area (Å²) in [7, 11) is -1.74. The van der Waals surface area contributed by atoms with Crippen LogP contribution in [0.1, 0.15) is 10.6 Å². The van der Waals surface area contributed by atoms with Gasteiger partial charge in [-0.3, -0.25) is 4.79 Å². The highest BCUT2D eigenvalue weighted by molar-refractivity contribution is 7.90. The summed E-state index contributed by atoms with van der Waals surface area (Å²) in [5, 5.41) is 0.826. The third-order valence-electron chi connectivity index (χ3n) is 4.43. The Morgan fingerprint density at radius 2 is 2.00 bits per heavy atom. The highest BCUT2D eigenvalue weighted by Gasteiger charge is 2.15. The fraction of sp³-hybridized carbons (Fsp3) is 0.200. The molecule has 2 aromatic heterocycles. The van der Waals surface area contributed by atoms with Crippen LogP contribution in [0.2, 0.25) is 0 Å². The van der Waals surface area contributed by atoms with Gasteiger partial charge in [0, 0.05) is 25.3 Å². The second-order valence-corrected chi connectivity index (χ2v) is 9.52. The van der Waals surface area contributed by atoms with E-state index >= 15 is 0 Å². The zero-order valence-electron chi connectivity index (χ0n) is 15.8. The Morgan fingerprint density at radius 1 is 1.21 bits per heavy atom. The van der Waals surface area contributed by atoms with Crippen molar-refractivity contribution in [3.63, 3.8) is 0 Å². The number of nitrogens with zero attached hydrogens (tertiary/aromatic N) is 2. The first-order valence-corrected chi connectivity index (χ1v) is 11.5. The van der Waals surface area contributed by atoms with Crippen LogP contribution in [0.4, 0.5) is 0 Å². The third-order valence-corrected chi connectivity index (χ3v) is 6.59. The molecule has 150 valence electrons.